The molecular weight excluding hydrogens is 272 g/mol. The van der Waals surface area contributed by atoms with Crippen LogP contribution in [-0.2, 0) is 10.0 Å². The zero-order valence-electron chi connectivity index (χ0n) is 9.87. The number of hydrogen-bond donors (Lipinski definition) is 2. The fourth-order valence-electron chi connectivity index (χ4n) is 1.81. The van der Waals surface area contributed by atoms with E-state index in [0.717, 1.165) is 17.9 Å². The van der Waals surface area contributed by atoms with E-state index in [0.29, 0.717) is 13.1 Å². The molecule has 2 rings (SSSR count). The van der Waals surface area contributed by atoms with Crippen molar-refractivity contribution in [2.45, 2.75) is 11.3 Å². The predicted octanol–water partition coefficient (Wildman–Crippen LogP) is 0.495. The van der Waals surface area contributed by atoms with Crippen LogP contribution in [0, 0.1) is 0 Å². The molecule has 100 valence electrons. The molecule has 0 bridgehead atoms. The lowest BCUT2D eigenvalue weighted by molar-refractivity contribution is 0.435. The molecule has 1 aromatic heterocycles. The number of sulfonamides is 1. The van der Waals surface area contributed by atoms with Crippen molar-refractivity contribution in [1.82, 2.24) is 9.29 Å². The fraction of sp³-hybridized carbons (Fsp3) is 0.500. The SMILES string of the molecule is NNc1ncccc1S(=O)(=O)N1CCCSCC1. The average molecular weight is 288 g/mol. The van der Waals surface area contributed by atoms with E-state index >= 15 is 0 Å². The first kappa shape index (κ1) is 13.6. The van der Waals surface area contributed by atoms with Gasteiger partial charge in [0.25, 0.3) is 0 Å². The van der Waals surface area contributed by atoms with E-state index < -0.39 is 10.0 Å². The Morgan fingerprint density at radius 3 is 3.00 bits per heavy atom. The van der Waals surface area contributed by atoms with Crippen LogP contribution in [0.3, 0.4) is 0 Å². The molecule has 1 fully saturated rings. The highest BCUT2D eigenvalue weighted by atomic mass is 32.2. The van der Waals surface area contributed by atoms with Crippen LogP contribution in [0.2, 0.25) is 0 Å². The van der Waals surface area contributed by atoms with Crippen LogP contribution in [0.5, 0.6) is 0 Å². The molecule has 0 saturated carbocycles. The van der Waals surface area contributed by atoms with Gasteiger partial charge in [-0.1, -0.05) is 0 Å². The third-order valence-corrected chi connectivity index (χ3v) is 5.69. The molecule has 0 atom stereocenters. The van der Waals surface area contributed by atoms with Gasteiger partial charge in [0.05, 0.1) is 0 Å². The lowest BCUT2D eigenvalue weighted by atomic mass is 10.5. The minimum absolute atomic E-state index is 0.138. The lowest BCUT2D eigenvalue weighted by Crippen LogP contribution is -2.33. The Kier molecular flexibility index (Phi) is 4.44. The highest BCUT2D eigenvalue weighted by molar-refractivity contribution is 7.99. The summed E-state index contributed by atoms with van der Waals surface area (Å²) in [6, 6.07) is 3.12. The van der Waals surface area contributed by atoms with Crippen molar-refractivity contribution in [1.29, 1.82) is 0 Å². The number of nitrogens with one attached hydrogen (secondary N) is 1. The molecule has 1 saturated heterocycles. The molecule has 18 heavy (non-hydrogen) atoms. The van der Waals surface area contributed by atoms with Crippen LogP contribution in [0.4, 0.5) is 5.82 Å². The van der Waals surface area contributed by atoms with Crippen LogP contribution < -0.4 is 11.3 Å². The Hall–Kier alpha value is -0.830. The highest BCUT2D eigenvalue weighted by Crippen LogP contribution is 2.23. The summed E-state index contributed by atoms with van der Waals surface area (Å²) in [5.41, 5.74) is 2.33. The number of nitrogens with two attached hydrogens (primary N) is 1. The number of rotatable bonds is 3. The Balaban J connectivity index is 2.34. The number of aromatic nitrogens is 1. The second-order valence-electron chi connectivity index (χ2n) is 3.86. The number of nitrogens with zero attached hydrogens (tertiary/aromatic N) is 2. The first-order valence-corrected chi connectivity index (χ1v) is 8.25. The maximum atomic E-state index is 12.5. The first-order valence-electron chi connectivity index (χ1n) is 5.66. The van der Waals surface area contributed by atoms with Crippen molar-refractivity contribution < 1.29 is 8.42 Å². The normalized spacial score (nSPS) is 18.3. The molecule has 0 aliphatic carbocycles. The zero-order valence-corrected chi connectivity index (χ0v) is 11.5. The Morgan fingerprint density at radius 2 is 2.22 bits per heavy atom. The summed E-state index contributed by atoms with van der Waals surface area (Å²) in [5, 5.41) is 0. The molecule has 0 spiro atoms. The highest BCUT2D eigenvalue weighted by Gasteiger charge is 2.27. The number of pyridine rings is 1. The maximum absolute atomic E-state index is 12.5. The van der Waals surface area contributed by atoms with Gasteiger partial charge in [-0.3, -0.25) is 0 Å². The molecule has 1 aliphatic heterocycles. The minimum Gasteiger partial charge on any atom is -0.307 e. The summed E-state index contributed by atoms with van der Waals surface area (Å²) in [5.74, 6) is 7.32. The molecule has 0 unspecified atom stereocenters. The van der Waals surface area contributed by atoms with E-state index in [1.165, 1.54) is 16.6 Å². The van der Waals surface area contributed by atoms with E-state index in [1.807, 2.05) is 0 Å². The minimum atomic E-state index is -3.51. The molecule has 1 aliphatic rings. The molecular formula is C10H16N4O2S2. The standard InChI is InChI=1S/C10H16N4O2S2/c11-13-10-9(3-1-4-12-10)18(15,16)14-5-2-7-17-8-6-14/h1,3-4H,2,5-8,11H2,(H,12,13). The average Bonchev–Trinajstić information content (AvgIpc) is 2.68. The predicted molar refractivity (Wildman–Crippen MR) is 72.7 cm³/mol. The topological polar surface area (TPSA) is 88.3 Å². The number of anilines is 1. The monoisotopic (exact) mass is 288 g/mol. The number of hydrogen-bond acceptors (Lipinski definition) is 6. The van der Waals surface area contributed by atoms with E-state index in [1.54, 1.807) is 17.8 Å². The summed E-state index contributed by atoms with van der Waals surface area (Å²) < 4.78 is 26.5. The Morgan fingerprint density at radius 1 is 1.39 bits per heavy atom. The third kappa shape index (κ3) is 2.77. The molecule has 2 heterocycles. The lowest BCUT2D eigenvalue weighted by Gasteiger charge is -2.20. The van der Waals surface area contributed by atoms with Crippen molar-refractivity contribution in [2.75, 3.05) is 30.0 Å². The number of nitrogen functional groups attached to an aromatic ring is 1. The van der Waals surface area contributed by atoms with Crippen LogP contribution in [0.25, 0.3) is 0 Å². The number of hydrazine groups is 1. The van der Waals surface area contributed by atoms with Gasteiger partial charge >= 0.3 is 0 Å². The first-order chi connectivity index (χ1) is 8.66. The van der Waals surface area contributed by atoms with Gasteiger partial charge in [0.1, 0.15) is 4.90 Å². The second kappa shape index (κ2) is 5.87. The van der Waals surface area contributed by atoms with E-state index in [4.69, 9.17) is 5.84 Å². The van der Waals surface area contributed by atoms with Gasteiger partial charge in [0.15, 0.2) is 5.82 Å². The largest absolute Gasteiger partial charge is 0.307 e. The van der Waals surface area contributed by atoms with Crippen LogP contribution >= 0.6 is 11.8 Å². The molecule has 6 nitrogen and oxygen atoms in total. The smallest absolute Gasteiger partial charge is 0.246 e. The van der Waals surface area contributed by atoms with E-state index in [9.17, 15) is 8.42 Å². The summed E-state index contributed by atoms with van der Waals surface area (Å²) >= 11 is 1.78. The van der Waals surface area contributed by atoms with Crippen molar-refractivity contribution in [3.63, 3.8) is 0 Å². The van der Waals surface area contributed by atoms with E-state index in [2.05, 4.69) is 10.4 Å². The quantitative estimate of drug-likeness (QED) is 0.622. The van der Waals surface area contributed by atoms with Crippen LogP contribution in [0.15, 0.2) is 23.2 Å². The third-order valence-electron chi connectivity index (χ3n) is 2.71. The summed E-state index contributed by atoms with van der Waals surface area (Å²) in [7, 11) is -3.51. The molecule has 8 heteroatoms. The Bertz CT molecular complexity index is 498. The van der Waals surface area contributed by atoms with Crippen LogP contribution in [-0.4, -0.2) is 42.3 Å². The molecule has 0 amide bonds. The molecule has 0 radical (unpaired) electrons. The molecule has 1 aromatic rings. The Labute approximate surface area is 111 Å². The van der Waals surface area contributed by atoms with Gasteiger partial charge in [-0.15, -0.1) is 0 Å². The van der Waals surface area contributed by atoms with E-state index in [-0.39, 0.29) is 10.7 Å². The summed E-state index contributed by atoms with van der Waals surface area (Å²) in [6.45, 7) is 1.08. The second-order valence-corrected chi connectivity index (χ2v) is 7.00. The molecule has 0 aromatic carbocycles. The van der Waals surface area contributed by atoms with Gasteiger partial charge in [-0.2, -0.15) is 16.1 Å². The van der Waals surface area contributed by atoms with Gasteiger partial charge in [0.2, 0.25) is 10.0 Å². The fourth-order valence-corrected chi connectivity index (χ4v) is 4.40. The van der Waals surface area contributed by atoms with Gasteiger partial charge < -0.3 is 5.43 Å². The van der Waals surface area contributed by atoms with Crippen molar-refractivity contribution in [2.24, 2.45) is 5.84 Å². The zero-order chi connectivity index (χ0) is 13.0. The van der Waals surface area contributed by atoms with Gasteiger partial charge in [-0.05, 0) is 24.3 Å². The van der Waals surface area contributed by atoms with Crippen LogP contribution in [0.1, 0.15) is 6.42 Å². The summed E-state index contributed by atoms with van der Waals surface area (Å²) in [6.07, 6.45) is 2.38. The van der Waals surface area contributed by atoms with Crippen molar-refractivity contribution in [3.05, 3.63) is 18.3 Å². The van der Waals surface area contributed by atoms with Gasteiger partial charge in [-0.25, -0.2) is 19.2 Å². The summed E-state index contributed by atoms with van der Waals surface area (Å²) in [4.78, 5) is 4.07. The van der Waals surface area contributed by atoms with Crippen molar-refractivity contribution in [3.8, 4) is 0 Å². The number of thioether (sulfide) groups is 1. The maximum Gasteiger partial charge on any atom is 0.246 e. The molecule has 3 N–H and O–H groups in total. The van der Waals surface area contributed by atoms with Crippen molar-refractivity contribution >= 4 is 27.6 Å². The van der Waals surface area contributed by atoms with Gasteiger partial charge in [0, 0.05) is 25.0 Å².